The van der Waals surface area contributed by atoms with Gasteiger partial charge in [0.2, 0.25) is 5.95 Å². The van der Waals surface area contributed by atoms with Crippen LogP contribution in [-0.4, -0.2) is 9.55 Å². The van der Waals surface area contributed by atoms with E-state index < -0.39 is 0 Å². The predicted molar refractivity (Wildman–Crippen MR) is 79.8 cm³/mol. The highest BCUT2D eigenvalue weighted by atomic mass is 19.1. The van der Waals surface area contributed by atoms with Gasteiger partial charge >= 0.3 is 0 Å². The van der Waals surface area contributed by atoms with Gasteiger partial charge in [0.25, 0.3) is 0 Å². The first-order chi connectivity index (χ1) is 9.67. The largest absolute Gasteiger partial charge is 0.369 e. The van der Waals surface area contributed by atoms with Crippen molar-refractivity contribution in [2.75, 3.05) is 5.73 Å². The van der Waals surface area contributed by atoms with E-state index in [1.807, 2.05) is 4.57 Å². The molecule has 1 fully saturated rings. The molecule has 3 rings (SSSR count). The number of nitrogen functional groups attached to an aromatic ring is 1. The summed E-state index contributed by atoms with van der Waals surface area (Å²) in [5, 5.41) is 0. The van der Waals surface area contributed by atoms with E-state index >= 15 is 0 Å². The summed E-state index contributed by atoms with van der Waals surface area (Å²) in [6, 6.07) is 4.72. The van der Waals surface area contributed by atoms with E-state index in [0.717, 1.165) is 18.0 Å². The minimum Gasteiger partial charge on any atom is -0.369 e. The third-order valence-corrected chi connectivity index (χ3v) is 4.72. The van der Waals surface area contributed by atoms with Gasteiger partial charge in [0.05, 0.1) is 11.0 Å². The van der Waals surface area contributed by atoms with Crippen molar-refractivity contribution in [1.82, 2.24) is 9.55 Å². The summed E-state index contributed by atoms with van der Waals surface area (Å²) in [6.45, 7) is 3.19. The summed E-state index contributed by atoms with van der Waals surface area (Å²) in [4.78, 5) is 4.27. The molecule has 1 aromatic heterocycles. The van der Waals surface area contributed by atoms with E-state index in [0.29, 0.717) is 17.4 Å². The second-order valence-electron chi connectivity index (χ2n) is 6.01. The van der Waals surface area contributed by atoms with Crippen molar-refractivity contribution in [2.45, 2.75) is 45.6 Å². The molecule has 0 saturated heterocycles. The van der Waals surface area contributed by atoms with Crippen LogP contribution in [0.2, 0.25) is 0 Å². The van der Waals surface area contributed by atoms with Crippen LogP contribution >= 0.6 is 0 Å². The first kappa shape index (κ1) is 13.4. The molecule has 0 bridgehead atoms. The van der Waals surface area contributed by atoms with Gasteiger partial charge in [-0.1, -0.05) is 26.2 Å². The van der Waals surface area contributed by atoms with E-state index in [2.05, 4.69) is 11.9 Å². The van der Waals surface area contributed by atoms with Crippen molar-refractivity contribution in [2.24, 2.45) is 11.8 Å². The molecule has 1 aliphatic carbocycles. The zero-order chi connectivity index (χ0) is 14.1. The number of aromatic nitrogens is 2. The van der Waals surface area contributed by atoms with Gasteiger partial charge in [-0.05, 0) is 36.8 Å². The Morgan fingerprint density at radius 1 is 1.25 bits per heavy atom. The fourth-order valence-corrected chi connectivity index (χ4v) is 3.39. The lowest BCUT2D eigenvalue weighted by atomic mass is 9.81. The maximum atomic E-state index is 13.2. The van der Waals surface area contributed by atoms with E-state index in [4.69, 9.17) is 5.73 Å². The molecule has 2 N–H and O–H groups in total. The summed E-state index contributed by atoms with van der Waals surface area (Å²) >= 11 is 0. The van der Waals surface area contributed by atoms with Crippen LogP contribution in [0.4, 0.5) is 10.3 Å². The number of hydrogen-bond acceptors (Lipinski definition) is 2. The maximum absolute atomic E-state index is 13.2. The van der Waals surface area contributed by atoms with Crippen LogP contribution in [0.1, 0.15) is 39.0 Å². The second kappa shape index (κ2) is 5.43. The Kier molecular flexibility index (Phi) is 3.64. The van der Waals surface area contributed by atoms with Crippen LogP contribution in [0.5, 0.6) is 0 Å². The molecule has 2 aromatic rings. The number of anilines is 1. The fraction of sp³-hybridized carbons (Fsp3) is 0.562. The molecule has 0 amide bonds. The standard InChI is InChI=1S/C16H22FN3/c1-2-11-3-5-12(6-4-11)10-20-15-8-7-13(17)9-14(15)19-16(20)18/h7-9,11-12H,2-6,10H2,1H3,(H2,18,19). The molecular formula is C16H22FN3. The molecule has 1 aliphatic rings. The molecule has 0 atom stereocenters. The minimum absolute atomic E-state index is 0.259. The molecule has 108 valence electrons. The van der Waals surface area contributed by atoms with Gasteiger partial charge in [-0.3, -0.25) is 0 Å². The van der Waals surface area contributed by atoms with Crippen molar-refractivity contribution >= 4 is 17.0 Å². The Labute approximate surface area is 119 Å². The van der Waals surface area contributed by atoms with Crippen LogP contribution in [0.25, 0.3) is 11.0 Å². The number of halogens is 1. The number of benzene rings is 1. The number of nitrogens with two attached hydrogens (primary N) is 1. The first-order valence-electron chi connectivity index (χ1n) is 7.58. The van der Waals surface area contributed by atoms with Crippen molar-refractivity contribution < 1.29 is 4.39 Å². The van der Waals surface area contributed by atoms with Gasteiger partial charge in [-0.25, -0.2) is 9.37 Å². The van der Waals surface area contributed by atoms with Crippen molar-refractivity contribution in [1.29, 1.82) is 0 Å². The molecular weight excluding hydrogens is 253 g/mol. The van der Waals surface area contributed by atoms with Gasteiger partial charge in [0, 0.05) is 12.6 Å². The third kappa shape index (κ3) is 2.51. The second-order valence-corrected chi connectivity index (χ2v) is 6.01. The number of hydrogen-bond donors (Lipinski definition) is 1. The van der Waals surface area contributed by atoms with E-state index in [1.54, 1.807) is 6.07 Å². The van der Waals surface area contributed by atoms with Crippen molar-refractivity contribution in [3.63, 3.8) is 0 Å². The summed E-state index contributed by atoms with van der Waals surface area (Å²) in [7, 11) is 0. The number of nitrogens with zero attached hydrogens (tertiary/aromatic N) is 2. The number of rotatable bonds is 3. The molecule has 0 unspecified atom stereocenters. The molecule has 3 nitrogen and oxygen atoms in total. The summed E-state index contributed by atoms with van der Waals surface area (Å²) in [6.07, 6.45) is 6.46. The predicted octanol–water partition coefficient (Wildman–Crippen LogP) is 3.97. The molecule has 1 heterocycles. The van der Waals surface area contributed by atoms with E-state index in [1.165, 1.54) is 44.2 Å². The Morgan fingerprint density at radius 2 is 1.95 bits per heavy atom. The quantitative estimate of drug-likeness (QED) is 0.921. The van der Waals surface area contributed by atoms with Crippen LogP contribution in [0, 0.1) is 17.7 Å². The van der Waals surface area contributed by atoms with Gasteiger partial charge in [-0.15, -0.1) is 0 Å². The Balaban J connectivity index is 1.79. The van der Waals surface area contributed by atoms with Crippen molar-refractivity contribution in [3.8, 4) is 0 Å². The van der Waals surface area contributed by atoms with Crippen LogP contribution in [0.3, 0.4) is 0 Å². The Morgan fingerprint density at radius 3 is 2.65 bits per heavy atom. The topological polar surface area (TPSA) is 43.8 Å². The average Bonchev–Trinajstić information content (AvgIpc) is 2.75. The lowest BCUT2D eigenvalue weighted by molar-refractivity contribution is 0.250. The van der Waals surface area contributed by atoms with E-state index in [-0.39, 0.29) is 5.82 Å². The highest BCUT2D eigenvalue weighted by molar-refractivity contribution is 5.78. The maximum Gasteiger partial charge on any atom is 0.201 e. The molecule has 4 heteroatoms. The Hall–Kier alpha value is -1.58. The van der Waals surface area contributed by atoms with Gasteiger partial charge in [0.1, 0.15) is 5.82 Å². The Bertz CT molecular complexity index is 597. The monoisotopic (exact) mass is 275 g/mol. The normalized spacial score (nSPS) is 23.3. The molecule has 0 spiro atoms. The molecule has 1 saturated carbocycles. The van der Waals surface area contributed by atoms with Crippen molar-refractivity contribution in [3.05, 3.63) is 24.0 Å². The highest BCUT2D eigenvalue weighted by Gasteiger charge is 2.21. The average molecular weight is 275 g/mol. The van der Waals surface area contributed by atoms with E-state index in [9.17, 15) is 4.39 Å². The third-order valence-electron chi connectivity index (χ3n) is 4.72. The van der Waals surface area contributed by atoms with Crippen LogP contribution in [0.15, 0.2) is 18.2 Å². The van der Waals surface area contributed by atoms with Gasteiger partial charge in [0.15, 0.2) is 0 Å². The van der Waals surface area contributed by atoms with Crippen LogP contribution < -0.4 is 5.73 Å². The lowest BCUT2D eigenvalue weighted by Crippen LogP contribution is -2.19. The zero-order valence-corrected chi connectivity index (χ0v) is 12.0. The SMILES string of the molecule is CCC1CCC(Cn2c(N)nc3cc(F)ccc32)CC1. The van der Waals surface area contributed by atoms with Crippen LogP contribution in [-0.2, 0) is 6.54 Å². The fourth-order valence-electron chi connectivity index (χ4n) is 3.39. The summed E-state index contributed by atoms with van der Waals surface area (Å²) < 4.78 is 15.3. The molecule has 20 heavy (non-hydrogen) atoms. The molecule has 1 aromatic carbocycles. The van der Waals surface area contributed by atoms with Gasteiger partial charge < -0.3 is 10.3 Å². The lowest BCUT2D eigenvalue weighted by Gasteiger charge is -2.28. The minimum atomic E-state index is -0.259. The zero-order valence-electron chi connectivity index (χ0n) is 12.0. The summed E-state index contributed by atoms with van der Waals surface area (Å²) in [5.74, 6) is 1.81. The smallest absolute Gasteiger partial charge is 0.201 e. The first-order valence-corrected chi connectivity index (χ1v) is 7.58. The molecule has 0 radical (unpaired) electrons. The van der Waals surface area contributed by atoms with Gasteiger partial charge in [-0.2, -0.15) is 0 Å². The summed E-state index contributed by atoms with van der Waals surface area (Å²) in [5.41, 5.74) is 7.61. The number of imidazole rings is 1. The molecule has 0 aliphatic heterocycles. The number of fused-ring (bicyclic) bond motifs is 1. The highest BCUT2D eigenvalue weighted by Crippen LogP contribution is 2.32.